The fourth-order valence-electron chi connectivity index (χ4n) is 2.46. The lowest BCUT2D eigenvalue weighted by atomic mass is 10.1. The SMILES string of the molecule is CN(CCOc1ccc(S(N)(=O)=O)cc1)C1CCNCC1. The molecule has 3 N–H and O–H groups in total. The van der Waals surface area contributed by atoms with Crippen LogP contribution in [0.15, 0.2) is 29.2 Å². The monoisotopic (exact) mass is 313 g/mol. The van der Waals surface area contributed by atoms with Gasteiger partial charge in [-0.3, -0.25) is 4.90 Å². The molecule has 0 unspecified atom stereocenters. The molecule has 1 aromatic rings. The first-order valence-electron chi connectivity index (χ1n) is 7.13. The van der Waals surface area contributed by atoms with E-state index in [0.717, 1.165) is 19.6 Å². The fraction of sp³-hybridized carbons (Fsp3) is 0.571. The first kappa shape index (κ1) is 16.2. The second-order valence-corrected chi connectivity index (χ2v) is 6.89. The molecule has 0 amide bonds. The van der Waals surface area contributed by atoms with Gasteiger partial charge in [-0.25, -0.2) is 13.6 Å². The molecule has 1 aliphatic heterocycles. The van der Waals surface area contributed by atoms with E-state index < -0.39 is 10.0 Å². The number of hydrogen-bond donors (Lipinski definition) is 2. The molecule has 2 rings (SSSR count). The smallest absolute Gasteiger partial charge is 0.238 e. The van der Waals surface area contributed by atoms with Gasteiger partial charge in [-0.15, -0.1) is 0 Å². The van der Waals surface area contributed by atoms with Crippen molar-refractivity contribution >= 4 is 10.0 Å². The maximum Gasteiger partial charge on any atom is 0.238 e. The maximum absolute atomic E-state index is 11.1. The van der Waals surface area contributed by atoms with Gasteiger partial charge in [-0.1, -0.05) is 0 Å². The predicted molar refractivity (Wildman–Crippen MR) is 81.8 cm³/mol. The molecule has 1 heterocycles. The molecule has 0 bridgehead atoms. The Hall–Kier alpha value is -1.15. The van der Waals surface area contributed by atoms with E-state index in [1.807, 2.05) is 0 Å². The van der Waals surface area contributed by atoms with Crippen molar-refractivity contribution in [3.05, 3.63) is 24.3 Å². The van der Waals surface area contributed by atoms with E-state index in [9.17, 15) is 8.42 Å². The molecule has 0 saturated carbocycles. The van der Waals surface area contributed by atoms with Crippen molar-refractivity contribution in [3.8, 4) is 5.75 Å². The zero-order chi connectivity index (χ0) is 15.3. The number of nitrogens with one attached hydrogen (secondary N) is 1. The van der Waals surface area contributed by atoms with Gasteiger partial charge in [0, 0.05) is 12.6 Å². The van der Waals surface area contributed by atoms with Crippen molar-refractivity contribution in [1.82, 2.24) is 10.2 Å². The van der Waals surface area contributed by atoms with Crippen LogP contribution < -0.4 is 15.2 Å². The molecule has 0 aliphatic carbocycles. The number of likely N-dealkylation sites (N-methyl/N-ethyl adjacent to an activating group) is 1. The third-order valence-electron chi connectivity index (χ3n) is 3.80. The molecule has 1 fully saturated rings. The number of piperidine rings is 1. The van der Waals surface area contributed by atoms with Gasteiger partial charge in [0.1, 0.15) is 12.4 Å². The third-order valence-corrected chi connectivity index (χ3v) is 4.73. The third kappa shape index (κ3) is 4.96. The summed E-state index contributed by atoms with van der Waals surface area (Å²) in [6, 6.07) is 6.79. The second-order valence-electron chi connectivity index (χ2n) is 5.33. The molecule has 6 nitrogen and oxygen atoms in total. The van der Waals surface area contributed by atoms with Gasteiger partial charge in [0.05, 0.1) is 4.90 Å². The number of hydrogen-bond acceptors (Lipinski definition) is 5. The van der Waals surface area contributed by atoms with Gasteiger partial charge in [0.15, 0.2) is 0 Å². The summed E-state index contributed by atoms with van der Waals surface area (Å²) in [7, 11) is -1.52. The molecule has 0 spiro atoms. The van der Waals surface area contributed by atoms with Gasteiger partial charge in [-0.05, 0) is 57.2 Å². The zero-order valence-corrected chi connectivity index (χ0v) is 13.1. The number of benzene rings is 1. The van der Waals surface area contributed by atoms with Gasteiger partial charge >= 0.3 is 0 Å². The summed E-state index contributed by atoms with van der Waals surface area (Å²) in [5, 5.41) is 8.40. The van der Waals surface area contributed by atoms with Crippen LogP contribution in [0.5, 0.6) is 5.75 Å². The van der Waals surface area contributed by atoms with E-state index in [1.165, 1.54) is 25.0 Å². The lowest BCUT2D eigenvalue weighted by molar-refractivity contribution is 0.165. The highest BCUT2D eigenvalue weighted by atomic mass is 32.2. The standard InChI is InChI=1S/C14H23N3O3S/c1-17(12-6-8-16-9-7-12)10-11-20-13-2-4-14(5-3-13)21(15,18)19/h2-5,12,16H,6-11H2,1H3,(H2,15,18,19). The number of ether oxygens (including phenoxy) is 1. The predicted octanol–water partition coefficient (Wildman–Crippen LogP) is 0.397. The van der Waals surface area contributed by atoms with Crippen molar-refractivity contribution in [2.45, 2.75) is 23.8 Å². The number of rotatable bonds is 6. The van der Waals surface area contributed by atoms with Crippen LogP contribution in [-0.2, 0) is 10.0 Å². The van der Waals surface area contributed by atoms with E-state index in [-0.39, 0.29) is 4.90 Å². The summed E-state index contributed by atoms with van der Waals surface area (Å²) >= 11 is 0. The maximum atomic E-state index is 11.1. The molecule has 0 atom stereocenters. The summed E-state index contributed by atoms with van der Waals surface area (Å²) in [6.07, 6.45) is 2.33. The van der Waals surface area contributed by atoms with E-state index in [1.54, 1.807) is 12.1 Å². The van der Waals surface area contributed by atoms with Gasteiger partial charge in [0.25, 0.3) is 0 Å². The molecule has 118 valence electrons. The summed E-state index contributed by atoms with van der Waals surface area (Å²) in [4.78, 5) is 2.42. The topological polar surface area (TPSA) is 84.7 Å². The molecule has 1 aliphatic rings. The summed E-state index contributed by atoms with van der Waals surface area (Å²) in [5.41, 5.74) is 0. The minimum Gasteiger partial charge on any atom is -0.492 e. The average Bonchev–Trinajstić information content (AvgIpc) is 2.47. The average molecular weight is 313 g/mol. The van der Waals surface area contributed by atoms with E-state index in [2.05, 4.69) is 17.3 Å². The number of nitrogens with two attached hydrogens (primary N) is 1. The van der Waals surface area contributed by atoms with Crippen molar-refractivity contribution in [2.24, 2.45) is 5.14 Å². The normalized spacial score (nSPS) is 17.1. The first-order valence-corrected chi connectivity index (χ1v) is 8.68. The minimum absolute atomic E-state index is 0.0988. The van der Waals surface area contributed by atoms with Crippen LogP contribution in [0.4, 0.5) is 0 Å². The lowest BCUT2D eigenvalue weighted by Gasteiger charge is -2.31. The highest BCUT2D eigenvalue weighted by Gasteiger charge is 2.17. The van der Waals surface area contributed by atoms with Gasteiger partial charge < -0.3 is 10.1 Å². The van der Waals surface area contributed by atoms with Crippen LogP contribution >= 0.6 is 0 Å². The Morgan fingerprint density at radius 1 is 1.29 bits per heavy atom. The van der Waals surface area contributed by atoms with Crippen LogP contribution in [0.3, 0.4) is 0 Å². The van der Waals surface area contributed by atoms with Crippen LogP contribution in [0.2, 0.25) is 0 Å². The minimum atomic E-state index is -3.64. The fourth-order valence-corrected chi connectivity index (χ4v) is 2.98. The highest BCUT2D eigenvalue weighted by Crippen LogP contribution is 2.15. The zero-order valence-electron chi connectivity index (χ0n) is 12.3. The Morgan fingerprint density at radius 3 is 2.48 bits per heavy atom. The van der Waals surface area contributed by atoms with E-state index in [0.29, 0.717) is 18.4 Å². The Labute approximate surface area is 126 Å². The largest absolute Gasteiger partial charge is 0.492 e. The summed E-state index contributed by atoms with van der Waals surface area (Å²) in [6.45, 7) is 3.58. The molecule has 7 heteroatoms. The number of primary sulfonamides is 1. The quantitative estimate of drug-likeness (QED) is 0.794. The van der Waals surface area contributed by atoms with Crippen LogP contribution in [0.1, 0.15) is 12.8 Å². The Morgan fingerprint density at radius 2 is 1.90 bits per heavy atom. The van der Waals surface area contributed by atoms with Crippen LogP contribution in [0.25, 0.3) is 0 Å². The number of sulfonamides is 1. The summed E-state index contributed by atoms with van der Waals surface area (Å²) < 4.78 is 27.9. The van der Waals surface area contributed by atoms with Crippen LogP contribution in [0, 0.1) is 0 Å². The Kier molecular flexibility index (Phi) is 5.58. The Balaban J connectivity index is 1.78. The lowest BCUT2D eigenvalue weighted by Crippen LogP contribution is -2.42. The second kappa shape index (κ2) is 7.22. The van der Waals surface area contributed by atoms with Crippen molar-refractivity contribution in [1.29, 1.82) is 0 Å². The molecule has 0 aromatic heterocycles. The molecule has 0 radical (unpaired) electrons. The van der Waals surface area contributed by atoms with E-state index in [4.69, 9.17) is 9.88 Å². The van der Waals surface area contributed by atoms with Crippen molar-refractivity contribution in [3.63, 3.8) is 0 Å². The Bertz CT molecular complexity index is 539. The van der Waals surface area contributed by atoms with Crippen molar-refractivity contribution in [2.75, 3.05) is 33.3 Å². The molecule has 21 heavy (non-hydrogen) atoms. The van der Waals surface area contributed by atoms with E-state index >= 15 is 0 Å². The molecule has 1 aromatic carbocycles. The summed E-state index contributed by atoms with van der Waals surface area (Å²) in [5.74, 6) is 0.654. The van der Waals surface area contributed by atoms with Crippen LogP contribution in [-0.4, -0.2) is 52.6 Å². The molecular formula is C14H23N3O3S. The highest BCUT2D eigenvalue weighted by molar-refractivity contribution is 7.89. The first-order chi connectivity index (χ1) is 9.97. The van der Waals surface area contributed by atoms with Gasteiger partial charge in [0.2, 0.25) is 10.0 Å². The molecule has 1 saturated heterocycles. The van der Waals surface area contributed by atoms with Crippen molar-refractivity contribution < 1.29 is 13.2 Å². The molecular weight excluding hydrogens is 290 g/mol. The van der Waals surface area contributed by atoms with Gasteiger partial charge in [-0.2, -0.15) is 0 Å². The number of nitrogens with zero attached hydrogens (tertiary/aromatic N) is 1.